The molecule has 84 valence electrons. The van der Waals surface area contributed by atoms with Crippen LogP contribution in [0.3, 0.4) is 0 Å². The van der Waals surface area contributed by atoms with Crippen LogP contribution in [0, 0.1) is 11.6 Å². The van der Waals surface area contributed by atoms with Gasteiger partial charge < -0.3 is 0 Å². The van der Waals surface area contributed by atoms with Gasteiger partial charge in [0, 0.05) is 17.4 Å². The highest BCUT2D eigenvalue weighted by molar-refractivity contribution is 8.03. The molecule has 1 aromatic rings. The third kappa shape index (κ3) is 2.92. The van der Waals surface area contributed by atoms with Crippen LogP contribution in [-0.2, 0) is 4.79 Å². The van der Waals surface area contributed by atoms with E-state index in [1.807, 2.05) is 0 Å². The molecule has 1 aliphatic rings. The largest absolute Gasteiger partial charge is 0.295 e. The summed E-state index contributed by atoms with van der Waals surface area (Å²) in [5.74, 6) is -1.10. The summed E-state index contributed by atoms with van der Waals surface area (Å²) >= 11 is 1.26. The van der Waals surface area contributed by atoms with Crippen LogP contribution >= 0.6 is 11.8 Å². The number of thioether (sulfide) groups is 1. The number of ketones is 1. The van der Waals surface area contributed by atoms with E-state index in [0.29, 0.717) is 11.3 Å². The van der Waals surface area contributed by atoms with Gasteiger partial charge in [0.25, 0.3) is 0 Å². The van der Waals surface area contributed by atoms with E-state index in [2.05, 4.69) is 0 Å². The predicted molar refractivity (Wildman–Crippen MR) is 59.2 cm³/mol. The Bertz CT molecular complexity index is 434. The fraction of sp³-hybridized carbons (Fsp3) is 0.250. The molecule has 0 amide bonds. The fourth-order valence-corrected chi connectivity index (χ4v) is 2.66. The molecule has 2 rings (SSSR count). The lowest BCUT2D eigenvalue weighted by Gasteiger charge is -2.11. The molecule has 0 unspecified atom stereocenters. The third-order valence-electron chi connectivity index (χ3n) is 2.25. The summed E-state index contributed by atoms with van der Waals surface area (Å²) in [5.41, 5.74) is 0. The average molecular weight is 240 g/mol. The highest BCUT2D eigenvalue weighted by Crippen LogP contribution is 2.33. The number of benzene rings is 1. The summed E-state index contributed by atoms with van der Waals surface area (Å²) in [6.07, 6.45) is 3.75. The minimum Gasteiger partial charge on any atom is -0.295 e. The molecule has 0 saturated carbocycles. The van der Waals surface area contributed by atoms with Crippen molar-refractivity contribution >= 4 is 17.5 Å². The molecule has 0 N–H and O–H groups in total. The predicted octanol–water partition coefficient (Wildman–Crippen LogP) is 3.69. The second-order valence-electron chi connectivity index (χ2n) is 3.64. The average Bonchev–Trinajstić information content (AvgIpc) is 2.15. The molecule has 0 radical (unpaired) electrons. The van der Waals surface area contributed by atoms with Crippen LogP contribution in [0.4, 0.5) is 8.78 Å². The Morgan fingerprint density at radius 3 is 2.38 bits per heavy atom. The zero-order valence-electron chi connectivity index (χ0n) is 8.50. The van der Waals surface area contributed by atoms with Gasteiger partial charge >= 0.3 is 0 Å². The van der Waals surface area contributed by atoms with E-state index in [-0.39, 0.29) is 5.78 Å². The van der Waals surface area contributed by atoms with Gasteiger partial charge in [0.15, 0.2) is 5.78 Å². The molecule has 0 spiro atoms. The van der Waals surface area contributed by atoms with Crippen molar-refractivity contribution in [2.24, 2.45) is 0 Å². The van der Waals surface area contributed by atoms with Crippen molar-refractivity contribution in [2.75, 3.05) is 0 Å². The topological polar surface area (TPSA) is 17.1 Å². The summed E-state index contributed by atoms with van der Waals surface area (Å²) < 4.78 is 25.8. The first-order valence-electron chi connectivity index (χ1n) is 5.01. The first-order chi connectivity index (χ1) is 7.63. The van der Waals surface area contributed by atoms with Crippen LogP contribution in [-0.4, -0.2) is 5.78 Å². The normalized spacial score (nSPS) is 16.1. The van der Waals surface area contributed by atoms with E-state index in [9.17, 15) is 13.6 Å². The summed E-state index contributed by atoms with van der Waals surface area (Å²) in [5, 5.41) is 0. The molecule has 0 aromatic heterocycles. The first kappa shape index (κ1) is 11.3. The smallest absolute Gasteiger partial charge is 0.156 e. The van der Waals surface area contributed by atoms with E-state index in [4.69, 9.17) is 0 Å². The van der Waals surface area contributed by atoms with Crippen molar-refractivity contribution in [3.8, 4) is 0 Å². The van der Waals surface area contributed by atoms with Gasteiger partial charge in [-0.3, -0.25) is 4.79 Å². The van der Waals surface area contributed by atoms with Crippen molar-refractivity contribution in [1.82, 2.24) is 0 Å². The number of hydrogen-bond acceptors (Lipinski definition) is 2. The number of allylic oxidation sites excluding steroid dienone is 2. The van der Waals surface area contributed by atoms with Gasteiger partial charge in [-0.2, -0.15) is 0 Å². The molecular formula is C12H10F2OS. The Morgan fingerprint density at radius 1 is 1.06 bits per heavy atom. The third-order valence-corrected chi connectivity index (χ3v) is 3.31. The zero-order chi connectivity index (χ0) is 11.5. The van der Waals surface area contributed by atoms with Crippen molar-refractivity contribution < 1.29 is 13.6 Å². The van der Waals surface area contributed by atoms with E-state index in [1.54, 1.807) is 6.08 Å². The lowest BCUT2D eigenvalue weighted by atomic mass is 10.1. The highest BCUT2D eigenvalue weighted by Gasteiger charge is 2.11. The summed E-state index contributed by atoms with van der Waals surface area (Å²) in [6.45, 7) is 0. The second-order valence-corrected chi connectivity index (χ2v) is 4.84. The van der Waals surface area contributed by atoms with Crippen LogP contribution in [0.25, 0.3) is 0 Å². The SMILES string of the molecule is O=C1C=C(Sc2cc(F)cc(F)c2)CCC1. The maximum absolute atomic E-state index is 12.9. The number of carbonyl (C=O) groups excluding carboxylic acids is 1. The van der Waals surface area contributed by atoms with Crippen LogP contribution in [0.1, 0.15) is 19.3 Å². The Kier molecular flexibility index (Phi) is 3.39. The van der Waals surface area contributed by atoms with E-state index in [0.717, 1.165) is 23.8 Å². The summed E-state index contributed by atoms with van der Waals surface area (Å²) in [4.78, 5) is 12.5. The highest BCUT2D eigenvalue weighted by atomic mass is 32.2. The Labute approximate surface area is 96.5 Å². The molecular weight excluding hydrogens is 230 g/mol. The second kappa shape index (κ2) is 4.78. The van der Waals surface area contributed by atoms with Gasteiger partial charge in [-0.15, -0.1) is 0 Å². The van der Waals surface area contributed by atoms with Crippen LogP contribution < -0.4 is 0 Å². The maximum atomic E-state index is 12.9. The Hall–Kier alpha value is -1.16. The van der Waals surface area contributed by atoms with Crippen molar-refractivity contribution in [3.05, 3.63) is 40.8 Å². The molecule has 0 saturated heterocycles. The fourth-order valence-electron chi connectivity index (χ4n) is 1.58. The van der Waals surface area contributed by atoms with Gasteiger partial charge in [-0.05, 0) is 36.0 Å². The van der Waals surface area contributed by atoms with Gasteiger partial charge in [-0.1, -0.05) is 11.8 Å². The summed E-state index contributed by atoms with van der Waals surface area (Å²) in [6, 6.07) is 3.38. The Morgan fingerprint density at radius 2 is 1.75 bits per heavy atom. The number of carbonyl (C=O) groups is 1. The molecule has 1 aromatic carbocycles. The molecule has 4 heteroatoms. The van der Waals surface area contributed by atoms with Gasteiger partial charge in [0.1, 0.15) is 11.6 Å². The monoisotopic (exact) mass is 240 g/mol. The van der Waals surface area contributed by atoms with E-state index < -0.39 is 11.6 Å². The molecule has 1 aliphatic carbocycles. The van der Waals surface area contributed by atoms with Gasteiger partial charge in [0.2, 0.25) is 0 Å². The molecule has 0 bridgehead atoms. The van der Waals surface area contributed by atoms with Crippen molar-refractivity contribution in [2.45, 2.75) is 24.2 Å². The van der Waals surface area contributed by atoms with Gasteiger partial charge in [-0.25, -0.2) is 8.78 Å². The maximum Gasteiger partial charge on any atom is 0.156 e. The molecule has 0 aliphatic heterocycles. The molecule has 1 nitrogen and oxygen atoms in total. The van der Waals surface area contributed by atoms with Crippen LogP contribution in [0.2, 0.25) is 0 Å². The van der Waals surface area contributed by atoms with Crippen LogP contribution in [0.15, 0.2) is 34.1 Å². The summed E-state index contributed by atoms with van der Waals surface area (Å²) in [7, 11) is 0. The zero-order valence-corrected chi connectivity index (χ0v) is 9.32. The van der Waals surface area contributed by atoms with E-state index >= 15 is 0 Å². The van der Waals surface area contributed by atoms with Crippen molar-refractivity contribution in [1.29, 1.82) is 0 Å². The number of hydrogen-bond donors (Lipinski definition) is 0. The van der Waals surface area contributed by atoms with E-state index in [1.165, 1.54) is 23.9 Å². The molecule has 0 fully saturated rings. The van der Waals surface area contributed by atoms with Gasteiger partial charge in [0.05, 0.1) is 0 Å². The number of rotatable bonds is 2. The minimum atomic E-state index is -0.592. The molecule has 16 heavy (non-hydrogen) atoms. The standard InChI is InChI=1S/C12H10F2OS/c13-8-4-9(14)6-12(5-8)16-11-3-1-2-10(15)7-11/h4-7H,1-3H2. The quantitative estimate of drug-likeness (QED) is 0.784. The van der Waals surface area contributed by atoms with Crippen molar-refractivity contribution in [3.63, 3.8) is 0 Å². The first-order valence-corrected chi connectivity index (χ1v) is 5.82. The number of halogens is 2. The Balaban J connectivity index is 2.17. The van der Waals surface area contributed by atoms with Crippen LogP contribution in [0.5, 0.6) is 0 Å². The lowest BCUT2D eigenvalue weighted by Crippen LogP contribution is -2.00. The minimum absolute atomic E-state index is 0.0885. The molecule has 0 heterocycles. The lowest BCUT2D eigenvalue weighted by molar-refractivity contribution is -0.115. The molecule has 0 atom stereocenters.